The van der Waals surface area contributed by atoms with E-state index in [1.807, 2.05) is 16.8 Å². The fourth-order valence-corrected chi connectivity index (χ4v) is 3.31. The van der Waals surface area contributed by atoms with Gasteiger partial charge in [0.25, 0.3) is 0 Å². The minimum Gasteiger partial charge on any atom is -0.318 e. The van der Waals surface area contributed by atoms with Gasteiger partial charge in [-0.3, -0.25) is 4.68 Å². The average Bonchev–Trinajstić information content (AvgIpc) is 2.86. The van der Waals surface area contributed by atoms with Crippen LogP contribution in [-0.4, -0.2) is 9.78 Å². The second-order valence-corrected chi connectivity index (χ2v) is 6.32. The van der Waals surface area contributed by atoms with Gasteiger partial charge in [-0.1, -0.05) is 18.5 Å². The number of aromatic nitrogens is 2. The standard InChI is InChI=1S/C11H13BrClN3S/c1-2-5-16-11(7(12)6-15-16)10(14)8-3-4-9(13)17-8/h3-4,6,10H,2,5,14H2,1H3. The fraction of sp³-hybridized carbons (Fsp3) is 0.364. The topological polar surface area (TPSA) is 43.8 Å². The summed E-state index contributed by atoms with van der Waals surface area (Å²) in [5.41, 5.74) is 7.27. The second-order valence-electron chi connectivity index (χ2n) is 3.72. The average molecular weight is 335 g/mol. The van der Waals surface area contributed by atoms with Crippen LogP contribution in [0, 0.1) is 0 Å². The Morgan fingerprint density at radius 1 is 1.59 bits per heavy atom. The zero-order valence-corrected chi connectivity index (χ0v) is 12.5. The third kappa shape index (κ3) is 2.73. The quantitative estimate of drug-likeness (QED) is 0.923. The van der Waals surface area contributed by atoms with Crippen LogP contribution in [0.15, 0.2) is 22.8 Å². The zero-order chi connectivity index (χ0) is 12.4. The number of aryl methyl sites for hydroxylation is 1. The number of hydrogen-bond donors (Lipinski definition) is 1. The molecule has 6 heteroatoms. The van der Waals surface area contributed by atoms with Crippen molar-refractivity contribution in [2.24, 2.45) is 5.73 Å². The summed E-state index contributed by atoms with van der Waals surface area (Å²) < 4.78 is 3.65. The molecule has 0 saturated carbocycles. The zero-order valence-electron chi connectivity index (χ0n) is 9.36. The van der Waals surface area contributed by atoms with Gasteiger partial charge in [-0.25, -0.2) is 0 Å². The van der Waals surface area contributed by atoms with Gasteiger partial charge in [-0.05, 0) is 34.5 Å². The van der Waals surface area contributed by atoms with E-state index in [4.69, 9.17) is 17.3 Å². The van der Waals surface area contributed by atoms with Crippen molar-refractivity contribution in [1.82, 2.24) is 9.78 Å². The molecule has 0 spiro atoms. The van der Waals surface area contributed by atoms with Crippen molar-refractivity contribution in [2.45, 2.75) is 25.9 Å². The summed E-state index contributed by atoms with van der Waals surface area (Å²) in [6.45, 7) is 2.99. The van der Waals surface area contributed by atoms with Crippen LogP contribution >= 0.6 is 38.9 Å². The molecule has 2 rings (SSSR count). The minimum absolute atomic E-state index is 0.184. The molecule has 0 radical (unpaired) electrons. The molecule has 0 bridgehead atoms. The van der Waals surface area contributed by atoms with Crippen LogP contribution in [0.4, 0.5) is 0 Å². The van der Waals surface area contributed by atoms with Gasteiger partial charge in [0.1, 0.15) is 0 Å². The Bertz CT molecular complexity index is 509. The molecule has 2 aromatic rings. The van der Waals surface area contributed by atoms with Crippen LogP contribution in [-0.2, 0) is 6.54 Å². The Balaban J connectivity index is 2.35. The van der Waals surface area contributed by atoms with Crippen LogP contribution in [0.5, 0.6) is 0 Å². The molecule has 0 fully saturated rings. The number of hydrogen-bond acceptors (Lipinski definition) is 3. The summed E-state index contributed by atoms with van der Waals surface area (Å²) >= 11 is 10.9. The fourth-order valence-electron chi connectivity index (χ4n) is 1.70. The van der Waals surface area contributed by atoms with Gasteiger partial charge in [-0.15, -0.1) is 11.3 Å². The summed E-state index contributed by atoms with van der Waals surface area (Å²) in [6, 6.07) is 3.65. The van der Waals surface area contributed by atoms with Gasteiger partial charge < -0.3 is 5.73 Å². The lowest BCUT2D eigenvalue weighted by molar-refractivity contribution is 0.560. The molecule has 1 unspecified atom stereocenters. The predicted octanol–water partition coefficient (Wildman–Crippen LogP) is 3.82. The summed E-state index contributed by atoms with van der Waals surface area (Å²) in [5, 5.41) is 4.32. The number of thiophene rings is 1. The van der Waals surface area contributed by atoms with Crippen LogP contribution < -0.4 is 5.73 Å². The van der Waals surface area contributed by atoms with Gasteiger partial charge in [0.15, 0.2) is 0 Å². The normalized spacial score (nSPS) is 12.9. The van der Waals surface area contributed by atoms with Crippen molar-refractivity contribution in [3.63, 3.8) is 0 Å². The lowest BCUT2D eigenvalue weighted by Crippen LogP contribution is -2.17. The van der Waals surface area contributed by atoms with E-state index in [1.54, 1.807) is 6.20 Å². The molecular weight excluding hydrogens is 322 g/mol. The molecule has 0 aliphatic rings. The molecule has 2 aromatic heterocycles. The van der Waals surface area contributed by atoms with E-state index in [9.17, 15) is 0 Å². The highest BCUT2D eigenvalue weighted by molar-refractivity contribution is 9.10. The summed E-state index contributed by atoms with van der Waals surface area (Å²) in [4.78, 5) is 1.05. The van der Waals surface area contributed by atoms with Gasteiger partial charge in [-0.2, -0.15) is 5.10 Å². The minimum atomic E-state index is -0.184. The summed E-state index contributed by atoms with van der Waals surface area (Å²) in [7, 11) is 0. The lowest BCUT2D eigenvalue weighted by Gasteiger charge is -2.13. The van der Waals surface area contributed by atoms with Crippen molar-refractivity contribution in [3.05, 3.63) is 37.7 Å². The van der Waals surface area contributed by atoms with E-state index < -0.39 is 0 Å². The Morgan fingerprint density at radius 2 is 2.35 bits per heavy atom. The number of nitrogens with zero attached hydrogens (tertiary/aromatic N) is 2. The molecule has 0 aliphatic carbocycles. The molecule has 2 heterocycles. The van der Waals surface area contributed by atoms with E-state index in [0.29, 0.717) is 0 Å². The van der Waals surface area contributed by atoms with E-state index >= 15 is 0 Å². The van der Waals surface area contributed by atoms with Crippen molar-refractivity contribution < 1.29 is 0 Å². The van der Waals surface area contributed by atoms with E-state index in [1.165, 1.54) is 11.3 Å². The van der Waals surface area contributed by atoms with E-state index in [-0.39, 0.29) is 6.04 Å². The molecule has 1 atom stereocenters. The molecule has 0 aliphatic heterocycles. The molecule has 0 saturated heterocycles. The maximum absolute atomic E-state index is 6.27. The van der Waals surface area contributed by atoms with Crippen LogP contribution in [0.1, 0.15) is 30.0 Å². The van der Waals surface area contributed by atoms with Crippen molar-refractivity contribution in [1.29, 1.82) is 0 Å². The Hall–Kier alpha value is -0.360. The largest absolute Gasteiger partial charge is 0.318 e. The smallest absolute Gasteiger partial charge is 0.0931 e. The lowest BCUT2D eigenvalue weighted by atomic mass is 10.2. The third-order valence-electron chi connectivity index (χ3n) is 2.46. The first-order valence-electron chi connectivity index (χ1n) is 5.35. The van der Waals surface area contributed by atoms with E-state index in [2.05, 4.69) is 28.0 Å². The molecule has 3 nitrogen and oxygen atoms in total. The highest BCUT2D eigenvalue weighted by atomic mass is 79.9. The Labute approximate surface area is 118 Å². The second kappa shape index (κ2) is 5.52. The maximum atomic E-state index is 6.27. The Morgan fingerprint density at radius 3 is 2.94 bits per heavy atom. The van der Waals surface area contributed by atoms with Crippen LogP contribution in [0.3, 0.4) is 0 Å². The van der Waals surface area contributed by atoms with Gasteiger partial charge in [0, 0.05) is 11.4 Å². The molecule has 0 aromatic carbocycles. The number of nitrogens with two attached hydrogens (primary N) is 1. The number of rotatable bonds is 4. The Kier molecular flexibility index (Phi) is 4.25. The molecule has 2 N–H and O–H groups in total. The van der Waals surface area contributed by atoms with Gasteiger partial charge in [0.2, 0.25) is 0 Å². The molecule has 0 amide bonds. The van der Waals surface area contributed by atoms with Gasteiger partial charge in [0.05, 0.1) is 26.7 Å². The first kappa shape index (κ1) is 13.1. The van der Waals surface area contributed by atoms with E-state index in [0.717, 1.165) is 32.3 Å². The van der Waals surface area contributed by atoms with Gasteiger partial charge >= 0.3 is 0 Å². The molecule has 17 heavy (non-hydrogen) atoms. The van der Waals surface area contributed by atoms with Crippen molar-refractivity contribution in [2.75, 3.05) is 0 Å². The summed E-state index contributed by atoms with van der Waals surface area (Å²) in [6.07, 6.45) is 2.82. The van der Waals surface area contributed by atoms with Crippen LogP contribution in [0.2, 0.25) is 4.34 Å². The molecule has 92 valence electrons. The summed E-state index contributed by atoms with van der Waals surface area (Å²) in [5.74, 6) is 0. The first-order chi connectivity index (χ1) is 8.13. The maximum Gasteiger partial charge on any atom is 0.0931 e. The van der Waals surface area contributed by atoms with Crippen molar-refractivity contribution >= 4 is 38.9 Å². The van der Waals surface area contributed by atoms with Crippen molar-refractivity contribution in [3.8, 4) is 0 Å². The van der Waals surface area contributed by atoms with Crippen LogP contribution in [0.25, 0.3) is 0 Å². The predicted molar refractivity (Wildman–Crippen MR) is 75.6 cm³/mol. The number of halogens is 2. The third-order valence-corrected chi connectivity index (χ3v) is 4.39. The SMILES string of the molecule is CCCn1ncc(Br)c1C(N)c1ccc(Cl)s1. The first-order valence-corrected chi connectivity index (χ1v) is 7.34. The highest BCUT2D eigenvalue weighted by Crippen LogP contribution is 2.32. The molecular formula is C11H13BrClN3S. The highest BCUT2D eigenvalue weighted by Gasteiger charge is 2.19. The monoisotopic (exact) mass is 333 g/mol.